The van der Waals surface area contributed by atoms with Crippen molar-refractivity contribution in [2.24, 2.45) is 5.92 Å². The number of ether oxygens (including phenoxy) is 1. The Kier molecular flexibility index (Phi) is 5.50. The fourth-order valence-corrected chi connectivity index (χ4v) is 5.16. The summed E-state index contributed by atoms with van der Waals surface area (Å²) in [4.78, 5) is 0. The molecule has 2 fully saturated rings. The van der Waals surface area contributed by atoms with Crippen LogP contribution in [-0.4, -0.2) is 19.8 Å². The van der Waals surface area contributed by atoms with E-state index in [0.717, 1.165) is 30.3 Å². The summed E-state index contributed by atoms with van der Waals surface area (Å²) in [6, 6.07) is 14.8. The second-order valence-corrected chi connectivity index (χ2v) is 13.1. The Labute approximate surface area is 181 Å². The van der Waals surface area contributed by atoms with E-state index in [4.69, 9.17) is 4.74 Å². The zero-order valence-corrected chi connectivity index (χ0v) is 19.5. The first-order valence-electron chi connectivity index (χ1n) is 11.1. The molecule has 0 N–H and O–H groups in total. The first kappa shape index (κ1) is 21.4. The lowest BCUT2D eigenvalue weighted by molar-refractivity contribution is 0.299. The number of hydrogen-bond acceptors (Lipinski definition) is 3. The average Bonchev–Trinajstić information content (AvgIpc) is 3.57. The minimum absolute atomic E-state index is 0.101. The molecule has 2 aromatic carbocycles. The van der Waals surface area contributed by atoms with E-state index in [0.29, 0.717) is 0 Å². The molecular weight excluding hydrogens is 392 g/mol. The predicted octanol–water partition coefficient (Wildman–Crippen LogP) is 5.77. The fourth-order valence-electron chi connectivity index (χ4n) is 4.09. The highest BCUT2D eigenvalue weighted by Crippen LogP contribution is 2.52. The van der Waals surface area contributed by atoms with Gasteiger partial charge in [0.2, 0.25) is 0 Å². The topological polar surface area (TPSA) is 43.4 Å². The lowest BCUT2D eigenvalue weighted by Crippen LogP contribution is -2.29. The molecule has 2 saturated carbocycles. The van der Waals surface area contributed by atoms with Crippen LogP contribution in [0.2, 0.25) is 0 Å². The SMILES string of the molecule is Cc1cc(OCC2CC2)ccc1C1(Cc2ccc(CS(=O)(=O)C(C)(C)C)cc2)CC1. The molecule has 0 bridgehead atoms. The molecule has 30 heavy (non-hydrogen) atoms. The van der Waals surface area contributed by atoms with E-state index < -0.39 is 14.6 Å². The van der Waals surface area contributed by atoms with E-state index in [2.05, 4.69) is 37.3 Å². The molecule has 2 aliphatic rings. The molecule has 0 saturated heterocycles. The highest BCUT2D eigenvalue weighted by atomic mass is 32.2. The van der Waals surface area contributed by atoms with Crippen LogP contribution in [-0.2, 0) is 27.4 Å². The molecule has 3 nitrogen and oxygen atoms in total. The quantitative estimate of drug-likeness (QED) is 0.538. The molecule has 0 radical (unpaired) electrons. The molecule has 162 valence electrons. The van der Waals surface area contributed by atoms with Crippen molar-refractivity contribution in [3.05, 3.63) is 64.7 Å². The van der Waals surface area contributed by atoms with Crippen molar-refractivity contribution < 1.29 is 13.2 Å². The summed E-state index contributed by atoms with van der Waals surface area (Å²) >= 11 is 0. The zero-order chi connectivity index (χ0) is 21.6. The summed E-state index contributed by atoms with van der Waals surface area (Å²) < 4.78 is 30.2. The second-order valence-electron chi connectivity index (χ2n) is 10.4. The molecule has 4 rings (SSSR count). The van der Waals surface area contributed by atoms with Crippen molar-refractivity contribution in [1.82, 2.24) is 0 Å². The Hall–Kier alpha value is -1.81. The summed E-state index contributed by atoms with van der Waals surface area (Å²) in [5.74, 6) is 1.85. The van der Waals surface area contributed by atoms with Gasteiger partial charge in [0, 0.05) is 0 Å². The first-order chi connectivity index (χ1) is 14.1. The summed E-state index contributed by atoms with van der Waals surface area (Å²) in [6.07, 6.45) is 6.02. The second kappa shape index (κ2) is 7.71. The molecule has 0 atom stereocenters. The van der Waals surface area contributed by atoms with Gasteiger partial charge in [-0.1, -0.05) is 30.3 Å². The van der Waals surface area contributed by atoms with Gasteiger partial charge in [-0.2, -0.15) is 0 Å². The van der Waals surface area contributed by atoms with Crippen LogP contribution in [0.3, 0.4) is 0 Å². The van der Waals surface area contributed by atoms with Gasteiger partial charge < -0.3 is 4.74 Å². The average molecular weight is 427 g/mol. The van der Waals surface area contributed by atoms with Crippen LogP contribution in [0, 0.1) is 12.8 Å². The highest BCUT2D eigenvalue weighted by Gasteiger charge is 2.45. The van der Waals surface area contributed by atoms with Gasteiger partial charge in [-0.05, 0) is 106 Å². The molecular formula is C26H34O3S. The van der Waals surface area contributed by atoms with Crippen LogP contribution < -0.4 is 4.74 Å². The molecule has 0 unspecified atom stereocenters. The third kappa shape index (κ3) is 4.74. The van der Waals surface area contributed by atoms with Gasteiger partial charge in [0.25, 0.3) is 0 Å². The normalized spacial score (nSPS) is 18.3. The Morgan fingerprint density at radius 2 is 1.63 bits per heavy atom. The van der Waals surface area contributed by atoms with Gasteiger partial charge >= 0.3 is 0 Å². The number of hydrogen-bond donors (Lipinski definition) is 0. The van der Waals surface area contributed by atoms with E-state index >= 15 is 0 Å². The molecule has 2 aromatic rings. The summed E-state index contributed by atoms with van der Waals surface area (Å²) in [6.45, 7) is 8.33. The minimum atomic E-state index is -3.16. The Morgan fingerprint density at radius 3 is 2.17 bits per heavy atom. The number of aryl methyl sites for hydroxylation is 1. The first-order valence-corrected chi connectivity index (χ1v) is 12.8. The van der Waals surface area contributed by atoms with Gasteiger partial charge in [0.05, 0.1) is 17.1 Å². The largest absolute Gasteiger partial charge is 0.493 e. The fraction of sp³-hybridized carbons (Fsp3) is 0.538. The third-order valence-electron chi connectivity index (χ3n) is 6.66. The molecule has 0 aromatic heterocycles. The van der Waals surface area contributed by atoms with Crippen molar-refractivity contribution in [2.75, 3.05) is 6.61 Å². The maximum atomic E-state index is 12.5. The monoisotopic (exact) mass is 426 g/mol. The lowest BCUT2D eigenvalue weighted by atomic mass is 9.86. The van der Waals surface area contributed by atoms with Crippen molar-refractivity contribution in [2.45, 2.75) is 75.7 Å². The summed E-state index contributed by atoms with van der Waals surface area (Å²) in [7, 11) is -3.16. The van der Waals surface area contributed by atoms with Gasteiger partial charge in [0.15, 0.2) is 9.84 Å². The smallest absolute Gasteiger partial charge is 0.159 e. The molecule has 4 heteroatoms. The third-order valence-corrected chi connectivity index (χ3v) is 9.24. The molecule has 0 heterocycles. The predicted molar refractivity (Wildman–Crippen MR) is 123 cm³/mol. The van der Waals surface area contributed by atoms with Crippen molar-refractivity contribution in [3.63, 3.8) is 0 Å². The number of benzene rings is 2. The van der Waals surface area contributed by atoms with Crippen molar-refractivity contribution >= 4 is 9.84 Å². The van der Waals surface area contributed by atoms with Gasteiger partial charge in [-0.25, -0.2) is 8.42 Å². The summed E-state index contributed by atoms with van der Waals surface area (Å²) in [5, 5.41) is 0. The lowest BCUT2D eigenvalue weighted by Gasteiger charge is -2.20. The van der Waals surface area contributed by atoms with Gasteiger partial charge in [-0.15, -0.1) is 0 Å². The number of rotatable bonds is 8. The van der Waals surface area contributed by atoms with Gasteiger partial charge in [0.1, 0.15) is 5.75 Å². The molecule has 0 spiro atoms. The van der Waals surface area contributed by atoms with Crippen LogP contribution in [0.1, 0.15) is 68.7 Å². The van der Waals surface area contributed by atoms with E-state index in [1.807, 2.05) is 12.1 Å². The highest BCUT2D eigenvalue weighted by molar-refractivity contribution is 7.91. The van der Waals surface area contributed by atoms with Crippen molar-refractivity contribution in [1.29, 1.82) is 0 Å². The molecule has 2 aliphatic carbocycles. The van der Waals surface area contributed by atoms with E-state index in [-0.39, 0.29) is 11.2 Å². The van der Waals surface area contributed by atoms with E-state index in [1.54, 1.807) is 20.8 Å². The standard InChI is InChI=1S/C26H34O3S/c1-19-15-23(29-17-21-7-8-21)11-12-24(19)26(13-14-26)16-20-5-9-22(10-6-20)18-30(27,28)25(2,3)4/h5-6,9-12,15,21H,7-8,13-14,16-18H2,1-4H3. The Morgan fingerprint density at radius 1 is 1.00 bits per heavy atom. The number of sulfone groups is 1. The van der Waals surface area contributed by atoms with Gasteiger partial charge in [-0.3, -0.25) is 0 Å². The molecule has 0 aliphatic heterocycles. The van der Waals surface area contributed by atoms with E-state index in [1.165, 1.54) is 42.4 Å². The van der Waals surface area contributed by atoms with Crippen LogP contribution in [0.25, 0.3) is 0 Å². The molecule has 0 amide bonds. The maximum Gasteiger partial charge on any atom is 0.159 e. The maximum absolute atomic E-state index is 12.5. The summed E-state index contributed by atoms with van der Waals surface area (Å²) in [5.41, 5.74) is 5.11. The van der Waals surface area contributed by atoms with E-state index in [9.17, 15) is 8.42 Å². The Balaban J connectivity index is 1.43. The zero-order valence-electron chi connectivity index (χ0n) is 18.7. The van der Waals surface area contributed by atoms with Crippen LogP contribution in [0.4, 0.5) is 0 Å². The van der Waals surface area contributed by atoms with Crippen LogP contribution in [0.15, 0.2) is 42.5 Å². The van der Waals surface area contributed by atoms with Crippen molar-refractivity contribution in [3.8, 4) is 5.75 Å². The van der Waals surface area contributed by atoms with Crippen LogP contribution >= 0.6 is 0 Å². The Bertz CT molecular complexity index is 1010. The van der Waals surface area contributed by atoms with Crippen LogP contribution in [0.5, 0.6) is 5.75 Å². The minimum Gasteiger partial charge on any atom is -0.493 e.